The fourth-order valence-corrected chi connectivity index (χ4v) is 4.99. The van der Waals surface area contributed by atoms with Crippen LogP contribution in [-0.2, 0) is 6.54 Å². The van der Waals surface area contributed by atoms with E-state index < -0.39 is 0 Å². The molecule has 1 aromatic carbocycles. The molecular weight excluding hydrogens is 444 g/mol. The van der Waals surface area contributed by atoms with Gasteiger partial charge in [0.1, 0.15) is 6.29 Å². The maximum absolute atomic E-state index is 12.2. The average Bonchev–Trinajstić information content (AvgIpc) is 3.47. The van der Waals surface area contributed by atoms with Crippen LogP contribution in [0.2, 0.25) is 0 Å². The lowest BCUT2D eigenvalue weighted by atomic mass is 10.1. The van der Waals surface area contributed by atoms with Crippen molar-refractivity contribution in [2.45, 2.75) is 23.3 Å². The highest BCUT2D eigenvalue weighted by Crippen LogP contribution is 2.40. The summed E-state index contributed by atoms with van der Waals surface area (Å²) >= 11 is 3.12. The normalized spacial score (nSPS) is 12.0. The summed E-state index contributed by atoms with van der Waals surface area (Å²) in [6.07, 6.45) is 9.58. The molecule has 8 nitrogen and oxygen atoms in total. The Bertz CT molecular complexity index is 1250. The topological polar surface area (TPSA) is 102 Å². The number of anilines is 1. The lowest BCUT2D eigenvalue weighted by Crippen LogP contribution is -2.13. The summed E-state index contributed by atoms with van der Waals surface area (Å²) < 4.78 is 1.77. The van der Waals surface area contributed by atoms with Crippen molar-refractivity contribution in [1.29, 1.82) is 0 Å². The first-order chi connectivity index (χ1) is 15.6. The molecule has 4 aromatic rings. The van der Waals surface area contributed by atoms with Crippen LogP contribution in [0.3, 0.4) is 0 Å². The van der Waals surface area contributed by atoms with Gasteiger partial charge in [0, 0.05) is 57.8 Å². The fraction of sp³-hybridized carbons (Fsp3) is 0.136. The Kier molecular flexibility index (Phi) is 6.74. The van der Waals surface area contributed by atoms with Gasteiger partial charge in [-0.05, 0) is 37.7 Å². The highest BCUT2D eigenvalue weighted by atomic mass is 32.2. The van der Waals surface area contributed by atoms with Crippen molar-refractivity contribution in [3.8, 4) is 5.13 Å². The van der Waals surface area contributed by atoms with Crippen molar-refractivity contribution >= 4 is 41.0 Å². The highest BCUT2D eigenvalue weighted by Gasteiger charge is 2.22. The maximum Gasteiger partial charge on any atom is 0.256 e. The molecule has 0 aliphatic carbocycles. The van der Waals surface area contributed by atoms with E-state index in [1.54, 1.807) is 46.7 Å². The third kappa shape index (κ3) is 4.62. The Hall–Kier alpha value is -3.34. The minimum atomic E-state index is -0.171. The van der Waals surface area contributed by atoms with E-state index in [-0.39, 0.29) is 5.91 Å². The lowest BCUT2D eigenvalue weighted by Gasteiger charge is -2.11. The van der Waals surface area contributed by atoms with Gasteiger partial charge in [-0.1, -0.05) is 29.2 Å². The van der Waals surface area contributed by atoms with Crippen LogP contribution < -0.4 is 10.6 Å². The quantitative estimate of drug-likeness (QED) is 0.441. The smallest absolute Gasteiger partial charge is 0.256 e. The van der Waals surface area contributed by atoms with Gasteiger partial charge >= 0.3 is 0 Å². The van der Waals surface area contributed by atoms with Crippen molar-refractivity contribution in [2.75, 3.05) is 12.4 Å². The second kappa shape index (κ2) is 9.86. The molecule has 0 spiro atoms. The van der Waals surface area contributed by atoms with Crippen LogP contribution in [0.25, 0.3) is 5.13 Å². The highest BCUT2D eigenvalue weighted by molar-refractivity contribution is 7.99. The van der Waals surface area contributed by atoms with E-state index in [0.29, 0.717) is 16.8 Å². The molecule has 1 amide bonds. The van der Waals surface area contributed by atoms with E-state index in [0.717, 1.165) is 33.3 Å². The molecule has 0 radical (unpaired) electrons. The van der Waals surface area contributed by atoms with Crippen molar-refractivity contribution in [3.63, 3.8) is 0 Å². The first-order valence-corrected chi connectivity index (χ1v) is 11.4. The number of nitrogens with zero attached hydrogens (tertiary/aromatic N) is 4. The minimum Gasteiger partial charge on any atom is -0.321 e. The Labute approximate surface area is 193 Å². The lowest BCUT2D eigenvalue weighted by molar-refractivity contribution is 0.102. The third-order valence-electron chi connectivity index (χ3n) is 4.68. The first kappa shape index (κ1) is 21.9. The number of amides is 1. The molecule has 1 aliphatic rings. The van der Waals surface area contributed by atoms with Gasteiger partial charge in [-0.25, -0.2) is 9.67 Å². The number of hydrogen-bond donors (Lipinski definition) is 2. The molecule has 162 valence electrons. The van der Waals surface area contributed by atoms with Gasteiger partial charge in [-0.15, -0.1) is 0 Å². The van der Waals surface area contributed by atoms with Crippen molar-refractivity contribution in [2.24, 2.45) is 0 Å². The molecule has 0 unspecified atom stereocenters. The van der Waals surface area contributed by atoms with Gasteiger partial charge in [0.05, 0.1) is 11.3 Å². The fourth-order valence-electron chi connectivity index (χ4n) is 3.06. The van der Waals surface area contributed by atoms with Gasteiger partial charge in [0.15, 0.2) is 0 Å². The van der Waals surface area contributed by atoms with E-state index in [1.807, 2.05) is 38.5 Å². The number of nitrogens with one attached hydrogen (secondary N) is 2. The predicted molar refractivity (Wildman–Crippen MR) is 125 cm³/mol. The molecule has 5 rings (SSSR count). The summed E-state index contributed by atoms with van der Waals surface area (Å²) in [7, 11) is 1.92. The van der Waals surface area contributed by atoms with Gasteiger partial charge < -0.3 is 10.6 Å². The zero-order chi connectivity index (χ0) is 22.5. The zero-order valence-corrected chi connectivity index (χ0v) is 19.0. The molecular formula is C22H20N6O2S2. The molecule has 0 saturated carbocycles. The van der Waals surface area contributed by atoms with Crippen LogP contribution in [0, 0.1) is 6.92 Å². The van der Waals surface area contributed by atoms with E-state index in [9.17, 15) is 9.59 Å². The molecule has 0 bridgehead atoms. The molecule has 0 saturated heterocycles. The van der Waals surface area contributed by atoms with E-state index in [2.05, 4.69) is 25.7 Å². The van der Waals surface area contributed by atoms with Gasteiger partial charge in [-0.3, -0.25) is 14.6 Å². The Morgan fingerprint density at radius 2 is 2.06 bits per heavy atom. The van der Waals surface area contributed by atoms with E-state index in [1.165, 1.54) is 16.6 Å². The molecule has 10 heteroatoms. The summed E-state index contributed by atoms with van der Waals surface area (Å²) in [6.45, 7) is 2.69. The van der Waals surface area contributed by atoms with Gasteiger partial charge in [0.25, 0.3) is 5.91 Å². The average molecular weight is 465 g/mol. The number of carbonyl (C=O) groups excluding carboxylic acids is 2. The monoisotopic (exact) mass is 464 g/mol. The molecule has 0 atom stereocenters. The van der Waals surface area contributed by atoms with Crippen molar-refractivity contribution in [3.05, 3.63) is 76.8 Å². The van der Waals surface area contributed by atoms with Crippen molar-refractivity contribution in [1.82, 2.24) is 25.1 Å². The summed E-state index contributed by atoms with van der Waals surface area (Å²) in [5.41, 5.74) is 2.68. The van der Waals surface area contributed by atoms with Crippen LogP contribution in [0.5, 0.6) is 0 Å². The van der Waals surface area contributed by atoms with Crippen LogP contribution in [0.1, 0.15) is 31.2 Å². The second-order valence-electron chi connectivity index (χ2n) is 6.79. The number of pyridine rings is 1. The van der Waals surface area contributed by atoms with Gasteiger partial charge in [0.2, 0.25) is 5.13 Å². The Morgan fingerprint density at radius 1 is 1.19 bits per heavy atom. The van der Waals surface area contributed by atoms with Crippen LogP contribution in [0.4, 0.5) is 5.69 Å². The molecule has 0 fully saturated rings. The number of thiazole rings is 1. The Balaban J connectivity index is 0.000000165. The van der Waals surface area contributed by atoms with Crippen LogP contribution in [0.15, 0.2) is 65.0 Å². The Morgan fingerprint density at radius 3 is 2.81 bits per heavy atom. The largest absolute Gasteiger partial charge is 0.321 e. The second-order valence-corrected chi connectivity index (χ2v) is 8.97. The molecule has 2 N–H and O–H groups in total. The number of fused-ring (bicyclic) bond motifs is 2. The zero-order valence-electron chi connectivity index (χ0n) is 17.4. The number of rotatable bonds is 4. The SMILES string of the molecule is CNCc1cnc(-n2cccn2)s1.Cc1c(C=O)ccc2c1NC(=O)c1ccncc1S2. The van der Waals surface area contributed by atoms with Gasteiger partial charge in [-0.2, -0.15) is 5.10 Å². The standard InChI is InChI=1S/C14H10N2O2S.C8H10N4S/c1-8-9(7-17)2-3-11-13(8)16-14(18)10-4-5-15-6-12(10)19-11;1-9-5-7-6-10-8(13-7)12-4-2-3-11-12/h2-7H,1H3,(H,16,18);2-4,6,9H,5H2,1H3. The first-order valence-electron chi connectivity index (χ1n) is 9.72. The third-order valence-corrected chi connectivity index (χ3v) is 6.77. The number of aldehydes is 1. The molecule has 1 aliphatic heterocycles. The van der Waals surface area contributed by atoms with Crippen LogP contribution >= 0.6 is 23.1 Å². The number of hydrogen-bond acceptors (Lipinski definition) is 8. The minimum absolute atomic E-state index is 0.171. The number of benzene rings is 1. The predicted octanol–water partition coefficient (Wildman–Crippen LogP) is 3.97. The summed E-state index contributed by atoms with van der Waals surface area (Å²) in [6, 6.07) is 7.19. The summed E-state index contributed by atoms with van der Waals surface area (Å²) in [5.74, 6) is -0.171. The number of aromatic nitrogens is 4. The van der Waals surface area contributed by atoms with E-state index in [4.69, 9.17) is 0 Å². The maximum atomic E-state index is 12.2. The molecule has 3 aromatic heterocycles. The summed E-state index contributed by atoms with van der Waals surface area (Å²) in [5, 5.41) is 11.0. The molecule has 4 heterocycles. The van der Waals surface area contributed by atoms with Crippen LogP contribution in [-0.4, -0.2) is 39.0 Å². The van der Waals surface area contributed by atoms with E-state index >= 15 is 0 Å². The molecule has 32 heavy (non-hydrogen) atoms. The van der Waals surface area contributed by atoms with Crippen molar-refractivity contribution < 1.29 is 9.59 Å². The number of carbonyl (C=O) groups is 2. The summed E-state index contributed by atoms with van der Waals surface area (Å²) in [4.78, 5) is 34.4.